The van der Waals surface area contributed by atoms with Crippen molar-refractivity contribution in [2.75, 3.05) is 20.8 Å². The number of ether oxygens (including phenoxy) is 3. The number of hydrogen-bond acceptors (Lipinski definition) is 4. The molecule has 2 aromatic rings. The van der Waals surface area contributed by atoms with Gasteiger partial charge in [0.15, 0.2) is 17.6 Å². The van der Waals surface area contributed by atoms with Gasteiger partial charge >= 0.3 is 0 Å². The minimum atomic E-state index is -0.504. The summed E-state index contributed by atoms with van der Waals surface area (Å²) in [6.45, 7) is 6.47. The molecule has 146 valence electrons. The molecule has 0 aromatic heterocycles. The highest BCUT2D eigenvalue weighted by molar-refractivity contribution is 5.81. The van der Waals surface area contributed by atoms with Gasteiger partial charge in [0, 0.05) is 6.54 Å². The number of amides is 1. The zero-order valence-electron chi connectivity index (χ0n) is 16.8. The van der Waals surface area contributed by atoms with Crippen molar-refractivity contribution in [1.82, 2.24) is 5.32 Å². The fourth-order valence-corrected chi connectivity index (χ4v) is 2.79. The molecular weight excluding hydrogens is 342 g/mol. The molecule has 1 N–H and O–H groups in total. The van der Waals surface area contributed by atoms with Gasteiger partial charge in [0.25, 0.3) is 5.91 Å². The Morgan fingerprint density at radius 3 is 2.41 bits per heavy atom. The third-order valence-electron chi connectivity index (χ3n) is 4.44. The van der Waals surface area contributed by atoms with Gasteiger partial charge in [0.2, 0.25) is 0 Å². The van der Waals surface area contributed by atoms with Crippen LogP contribution in [0.2, 0.25) is 0 Å². The molecule has 1 unspecified atom stereocenters. The average molecular weight is 371 g/mol. The Balaban J connectivity index is 1.92. The lowest BCUT2D eigenvalue weighted by molar-refractivity contribution is -0.128. The predicted molar refractivity (Wildman–Crippen MR) is 107 cm³/mol. The van der Waals surface area contributed by atoms with Crippen molar-refractivity contribution in [3.8, 4) is 17.2 Å². The van der Waals surface area contributed by atoms with E-state index in [0.717, 1.165) is 22.4 Å². The Morgan fingerprint density at radius 1 is 1.00 bits per heavy atom. The number of hydrogen-bond donors (Lipinski definition) is 1. The van der Waals surface area contributed by atoms with Crippen molar-refractivity contribution in [3.63, 3.8) is 0 Å². The molecule has 5 heteroatoms. The smallest absolute Gasteiger partial charge is 0.261 e. The number of methoxy groups -OCH3 is 2. The lowest BCUT2D eigenvalue weighted by atomic mass is 10.1. The number of carbonyl (C=O) groups is 1. The van der Waals surface area contributed by atoms with Crippen molar-refractivity contribution in [1.29, 1.82) is 0 Å². The van der Waals surface area contributed by atoms with Crippen LogP contribution in [0.25, 0.3) is 0 Å². The summed E-state index contributed by atoms with van der Waals surface area (Å²) in [5.41, 5.74) is 3.20. The normalized spacial score (nSPS) is 11.6. The monoisotopic (exact) mass is 371 g/mol. The SMILES string of the molecule is CCC(Oc1cc(C)ccc1C)C(=O)NCCc1ccc(OC)c(OC)c1. The van der Waals surface area contributed by atoms with Gasteiger partial charge in [0.1, 0.15) is 5.75 Å². The van der Waals surface area contributed by atoms with Gasteiger partial charge in [-0.2, -0.15) is 0 Å². The molecule has 0 heterocycles. The molecule has 0 saturated carbocycles. The van der Waals surface area contributed by atoms with E-state index in [2.05, 4.69) is 5.32 Å². The molecule has 0 aliphatic heterocycles. The van der Waals surface area contributed by atoms with Gasteiger partial charge in [0.05, 0.1) is 14.2 Å². The summed E-state index contributed by atoms with van der Waals surface area (Å²) in [5.74, 6) is 2.04. The molecule has 2 rings (SSSR count). The highest BCUT2D eigenvalue weighted by Crippen LogP contribution is 2.27. The lowest BCUT2D eigenvalue weighted by Crippen LogP contribution is -2.39. The zero-order chi connectivity index (χ0) is 19.8. The largest absolute Gasteiger partial charge is 0.493 e. The van der Waals surface area contributed by atoms with E-state index in [0.29, 0.717) is 30.9 Å². The lowest BCUT2D eigenvalue weighted by Gasteiger charge is -2.19. The highest BCUT2D eigenvalue weighted by atomic mass is 16.5. The molecule has 5 nitrogen and oxygen atoms in total. The van der Waals surface area contributed by atoms with Crippen molar-refractivity contribution in [3.05, 3.63) is 53.1 Å². The Hall–Kier alpha value is -2.69. The van der Waals surface area contributed by atoms with Crippen LogP contribution in [0.15, 0.2) is 36.4 Å². The van der Waals surface area contributed by atoms with Gasteiger partial charge in [-0.25, -0.2) is 0 Å². The topological polar surface area (TPSA) is 56.8 Å². The molecule has 0 aliphatic rings. The van der Waals surface area contributed by atoms with E-state index in [1.54, 1.807) is 14.2 Å². The summed E-state index contributed by atoms with van der Waals surface area (Å²) in [7, 11) is 3.22. The maximum absolute atomic E-state index is 12.5. The maximum Gasteiger partial charge on any atom is 0.261 e. The van der Waals surface area contributed by atoms with Gasteiger partial charge < -0.3 is 19.5 Å². The van der Waals surface area contributed by atoms with E-state index < -0.39 is 6.10 Å². The summed E-state index contributed by atoms with van der Waals surface area (Å²) in [4.78, 5) is 12.5. The predicted octanol–water partition coefficient (Wildman–Crippen LogP) is 3.84. The minimum Gasteiger partial charge on any atom is -0.493 e. The Kier molecular flexibility index (Phi) is 7.53. The minimum absolute atomic E-state index is 0.0983. The molecule has 0 aliphatic carbocycles. The van der Waals surface area contributed by atoms with Crippen LogP contribution in [0.1, 0.15) is 30.0 Å². The summed E-state index contributed by atoms with van der Waals surface area (Å²) < 4.78 is 16.5. The number of nitrogens with one attached hydrogen (secondary N) is 1. The fourth-order valence-electron chi connectivity index (χ4n) is 2.79. The standard InChI is InChI=1S/C22H29NO4/c1-6-18(27-20-13-15(2)7-8-16(20)3)22(24)23-12-11-17-9-10-19(25-4)21(14-17)26-5/h7-10,13-14,18H,6,11-12H2,1-5H3,(H,23,24). The third kappa shape index (κ3) is 5.64. The van der Waals surface area contributed by atoms with Crippen LogP contribution in [0.3, 0.4) is 0 Å². The fraction of sp³-hybridized carbons (Fsp3) is 0.409. The molecule has 1 atom stereocenters. The highest BCUT2D eigenvalue weighted by Gasteiger charge is 2.19. The van der Waals surface area contributed by atoms with Crippen molar-refractivity contribution in [2.45, 2.75) is 39.7 Å². The number of benzene rings is 2. The number of rotatable bonds is 9. The Bertz CT molecular complexity index is 773. The summed E-state index contributed by atoms with van der Waals surface area (Å²) in [6.07, 6.45) is 0.803. The molecule has 0 spiro atoms. The van der Waals surface area contributed by atoms with Crippen molar-refractivity contribution >= 4 is 5.91 Å². The first-order valence-corrected chi connectivity index (χ1v) is 9.21. The van der Waals surface area contributed by atoms with E-state index in [1.165, 1.54) is 0 Å². The summed E-state index contributed by atoms with van der Waals surface area (Å²) in [6, 6.07) is 11.8. The van der Waals surface area contributed by atoms with E-state index in [9.17, 15) is 4.79 Å². The maximum atomic E-state index is 12.5. The van der Waals surface area contributed by atoms with Gasteiger partial charge in [-0.1, -0.05) is 25.1 Å². The average Bonchev–Trinajstić information content (AvgIpc) is 2.68. The Morgan fingerprint density at radius 2 is 1.74 bits per heavy atom. The van der Waals surface area contributed by atoms with E-state index >= 15 is 0 Å². The van der Waals surface area contributed by atoms with Crippen LogP contribution in [-0.4, -0.2) is 32.8 Å². The van der Waals surface area contributed by atoms with E-state index in [4.69, 9.17) is 14.2 Å². The van der Waals surface area contributed by atoms with Crippen LogP contribution in [-0.2, 0) is 11.2 Å². The molecule has 0 fully saturated rings. The first kappa shape index (κ1) is 20.6. The van der Waals surface area contributed by atoms with Crippen molar-refractivity contribution < 1.29 is 19.0 Å². The Labute approximate surface area is 161 Å². The van der Waals surface area contributed by atoms with Gasteiger partial charge in [-0.15, -0.1) is 0 Å². The second-order valence-electron chi connectivity index (χ2n) is 6.51. The molecule has 0 radical (unpaired) electrons. The van der Waals surface area contributed by atoms with Crippen LogP contribution in [0.4, 0.5) is 0 Å². The van der Waals surface area contributed by atoms with Crippen LogP contribution in [0.5, 0.6) is 17.2 Å². The second kappa shape index (κ2) is 9.86. The summed E-state index contributed by atoms with van der Waals surface area (Å²) >= 11 is 0. The van der Waals surface area contributed by atoms with Gasteiger partial charge in [-0.05, 0) is 61.6 Å². The van der Waals surface area contributed by atoms with Crippen molar-refractivity contribution in [2.24, 2.45) is 0 Å². The number of carbonyl (C=O) groups excluding carboxylic acids is 1. The molecule has 2 aromatic carbocycles. The third-order valence-corrected chi connectivity index (χ3v) is 4.44. The summed E-state index contributed by atoms with van der Waals surface area (Å²) in [5, 5.41) is 2.97. The van der Waals surface area contributed by atoms with E-state index in [1.807, 2.05) is 57.2 Å². The van der Waals surface area contributed by atoms with Crippen LogP contribution >= 0.6 is 0 Å². The quantitative estimate of drug-likeness (QED) is 0.728. The van der Waals surface area contributed by atoms with E-state index in [-0.39, 0.29) is 5.91 Å². The zero-order valence-corrected chi connectivity index (χ0v) is 16.8. The number of aryl methyl sites for hydroxylation is 2. The first-order chi connectivity index (χ1) is 13.0. The van der Waals surface area contributed by atoms with Crippen LogP contribution < -0.4 is 19.5 Å². The molecule has 0 bridgehead atoms. The van der Waals surface area contributed by atoms with Gasteiger partial charge in [-0.3, -0.25) is 4.79 Å². The first-order valence-electron chi connectivity index (χ1n) is 9.21. The molecular formula is C22H29NO4. The molecule has 27 heavy (non-hydrogen) atoms. The van der Waals surface area contributed by atoms with Crippen LogP contribution in [0, 0.1) is 13.8 Å². The second-order valence-corrected chi connectivity index (χ2v) is 6.51. The molecule has 0 saturated heterocycles. The molecule has 1 amide bonds.